The molecule has 0 spiro atoms. The lowest BCUT2D eigenvalue weighted by molar-refractivity contribution is -0.147. The van der Waals surface area contributed by atoms with Crippen LogP contribution in [0, 0.1) is 0 Å². The number of carbonyl (C=O) groups excluding carboxylic acids is 3. The average Bonchev–Trinajstić information content (AvgIpc) is 2.85. The summed E-state index contributed by atoms with van der Waals surface area (Å²) >= 11 is 7.44. The fourth-order valence-electron chi connectivity index (χ4n) is 3.05. The number of rotatable bonds is 10. The molecule has 3 rings (SSSR count). The molecule has 0 radical (unpaired) electrons. The topological polar surface area (TPSA) is 84.5 Å². The molecule has 6 nitrogen and oxygen atoms in total. The van der Waals surface area contributed by atoms with Crippen molar-refractivity contribution in [2.24, 2.45) is 0 Å². The van der Waals surface area contributed by atoms with E-state index in [1.807, 2.05) is 36.4 Å². The van der Waals surface area contributed by atoms with E-state index < -0.39 is 30.2 Å². The molecule has 0 fully saturated rings. The van der Waals surface area contributed by atoms with Gasteiger partial charge < -0.3 is 15.4 Å². The van der Waals surface area contributed by atoms with Gasteiger partial charge in [0.15, 0.2) is 6.61 Å². The van der Waals surface area contributed by atoms with E-state index in [0.717, 1.165) is 28.0 Å². The van der Waals surface area contributed by atoms with Crippen LogP contribution in [0.3, 0.4) is 0 Å². The van der Waals surface area contributed by atoms with Crippen molar-refractivity contribution < 1.29 is 32.3 Å². The lowest BCUT2D eigenvalue weighted by Crippen LogP contribution is -2.21. The van der Waals surface area contributed by atoms with Crippen LogP contribution in [0.4, 0.5) is 24.5 Å². The minimum atomic E-state index is -4.54. The summed E-state index contributed by atoms with van der Waals surface area (Å²) in [5, 5.41) is 5.65. The molecule has 3 aromatic carbocycles. The number of anilines is 2. The Bertz CT molecular complexity index is 1240. The van der Waals surface area contributed by atoms with Gasteiger partial charge in [0.2, 0.25) is 5.91 Å². The molecule has 2 amide bonds. The highest BCUT2D eigenvalue weighted by Crippen LogP contribution is 2.31. The van der Waals surface area contributed by atoms with E-state index >= 15 is 0 Å². The van der Waals surface area contributed by atoms with E-state index in [-0.39, 0.29) is 30.9 Å². The Kier molecular flexibility index (Phi) is 9.99. The number of amides is 2. The maximum Gasteiger partial charge on any atom is 0.416 e. The summed E-state index contributed by atoms with van der Waals surface area (Å²) in [5.41, 5.74) is -0.364. The van der Waals surface area contributed by atoms with Gasteiger partial charge in [0.25, 0.3) is 5.91 Å². The van der Waals surface area contributed by atoms with Crippen molar-refractivity contribution in [1.82, 2.24) is 0 Å². The van der Waals surface area contributed by atoms with Crippen LogP contribution in [0.1, 0.15) is 24.8 Å². The Morgan fingerprint density at radius 1 is 0.811 bits per heavy atom. The number of carbonyl (C=O) groups is 3. The molecule has 0 aromatic heterocycles. The smallest absolute Gasteiger partial charge is 0.416 e. The molecule has 0 aliphatic heterocycles. The number of nitrogens with one attached hydrogen (secondary N) is 2. The summed E-state index contributed by atoms with van der Waals surface area (Å²) in [7, 11) is 0. The van der Waals surface area contributed by atoms with Gasteiger partial charge in [-0.15, -0.1) is 0 Å². The molecule has 0 saturated carbocycles. The molecular weight excluding hydrogens is 529 g/mol. The van der Waals surface area contributed by atoms with Crippen LogP contribution in [0.2, 0.25) is 5.02 Å². The zero-order valence-corrected chi connectivity index (χ0v) is 20.9. The second-order valence-corrected chi connectivity index (χ2v) is 9.35. The predicted octanol–water partition coefficient (Wildman–Crippen LogP) is 6.80. The van der Waals surface area contributed by atoms with Gasteiger partial charge in [0.05, 0.1) is 5.56 Å². The normalized spacial score (nSPS) is 11.0. The summed E-state index contributed by atoms with van der Waals surface area (Å²) in [5.74, 6) is -1.76. The molecule has 0 aliphatic rings. The third kappa shape index (κ3) is 9.82. The molecule has 0 bridgehead atoms. The molecule has 0 saturated heterocycles. The molecule has 0 heterocycles. The molecule has 2 N–H and O–H groups in total. The van der Waals surface area contributed by atoms with Crippen molar-refractivity contribution in [2.75, 3.05) is 17.2 Å². The summed E-state index contributed by atoms with van der Waals surface area (Å²) in [6.07, 6.45) is -4.38. The third-order valence-corrected chi connectivity index (χ3v) is 6.08. The first-order chi connectivity index (χ1) is 17.6. The van der Waals surface area contributed by atoms with Gasteiger partial charge in [-0.3, -0.25) is 14.4 Å². The second-order valence-electron chi connectivity index (χ2n) is 7.77. The lowest BCUT2D eigenvalue weighted by Gasteiger charge is -2.10. The van der Waals surface area contributed by atoms with E-state index in [1.54, 1.807) is 23.9 Å². The van der Waals surface area contributed by atoms with Gasteiger partial charge in [-0.2, -0.15) is 13.2 Å². The number of alkyl halides is 3. The standard InChI is InChI=1S/C26H22ClF3N2O4S/c27-18-7-11-21(12-8-18)37-22-13-9-19(10-14-22)31-23(33)5-2-6-25(35)36-16-24(34)32-20-4-1-3-17(15-20)26(28,29)30/h1,3-4,7-15H,2,5-6,16H2,(H,31,33)(H,32,34). The number of hydrogen-bond donors (Lipinski definition) is 2. The Morgan fingerprint density at radius 3 is 2.08 bits per heavy atom. The number of benzene rings is 3. The predicted molar refractivity (Wildman–Crippen MR) is 136 cm³/mol. The minimum absolute atomic E-state index is 0.0623. The van der Waals surface area contributed by atoms with Gasteiger partial charge in [-0.25, -0.2) is 0 Å². The molecule has 0 aliphatic carbocycles. The number of hydrogen-bond acceptors (Lipinski definition) is 5. The van der Waals surface area contributed by atoms with Crippen molar-refractivity contribution in [3.8, 4) is 0 Å². The first kappa shape index (κ1) is 28.1. The van der Waals surface area contributed by atoms with E-state index in [9.17, 15) is 27.6 Å². The van der Waals surface area contributed by atoms with E-state index in [1.165, 1.54) is 6.07 Å². The lowest BCUT2D eigenvalue weighted by atomic mass is 10.2. The summed E-state index contributed by atoms with van der Waals surface area (Å²) in [4.78, 5) is 37.9. The molecular formula is C26H22ClF3N2O4S. The molecule has 11 heteroatoms. The Morgan fingerprint density at radius 2 is 1.43 bits per heavy atom. The van der Waals surface area contributed by atoms with Gasteiger partial charge in [-0.1, -0.05) is 29.4 Å². The largest absolute Gasteiger partial charge is 0.456 e. The molecule has 0 unspecified atom stereocenters. The van der Waals surface area contributed by atoms with Crippen molar-refractivity contribution in [3.05, 3.63) is 83.4 Å². The zero-order valence-electron chi connectivity index (χ0n) is 19.3. The number of halogens is 4. The van der Waals surface area contributed by atoms with E-state index in [4.69, 9.17) is 16.3 Å². The van der Waals surface area contributed by atoms with Crippen LogP contribution in [0.15, 0.2) is 82.6 Å². The SMILES string of the molecule is O=C(CCCC(=O)OCC(=O)Nc1cccc(C(F)(F)F)c1)Nc1ccc(Sc2ccc(Cl)cc2)cc1. The Labute approximate surface area is 220 Å². The quantitative estimate of drug-likeness (QED) is 0.271. The Balaban J connectivity index is 1.33. The maximum absolute atomic E-state index is 12.7. The number of ether oxygens (including phenoxy) is 1. The second kappa shape index (κ2) is 13.2. The molecule has 0 atom stereocenters. The monoisotopic (exact) mass is 550 g/mol. The van der Waals surface area contributed by atoms with E-state index in [0.29, 0.717) is 10.7 Å². The van der Waals surface area contributed by atoms with Gasteiger partial charge in [0.1, 0.15) is 0 Å². The van der Waals surface area contributed by atoms with Crippen molar-refractivity contribution in [2.45, 2.75) is 35.2 Å². The molecule has 3 aromatic rings. The highest BCUT2D eigenvalue weighted by molar-refractivity contribution is 7.99. The number of esters is 1. The first-order valence-electron chi connectivity index (χ1n) is 11.0. The fraction of sp³-hybridized carbons (Fsp3) is 0.192. The van der Waals surface area contributed by atoms with Crippen LogP contribution in [0.5, 0.6) is 0 Å². The van der Waals surface area contributed by atoms with Crippen LogP contribution >= 0.6 is 23.4 Å². The molecule has 37 heavy (non-hydrogen) atoms. The summed E-state index contributed by atoms with van der Waals surface area (Å²) in [6, 6.07) is 18.8. The first-order valence-corrected chi connectivity index (χ1v) is 12.2. The highest BCUT2D eigenvalue weighted by atomic mass is 35.5. The third-order valence-electron chi connectivity index (χ3n) is 4.81. The highest BCUT2D eigenvalue weighted by Gasteiger charge is 2.30. The minimum Gasteiger partial charge on any atom is -0.456 e. The maximum atomic E-state index is 12.7. The van der Waals surface area contributed by atoms with Gasteiger partial charge in [0, 0.05) is 39.0 Å². The van der Waals surface area contributed by atoms with Crippen LogP contribution in [0.25, 0.3) is 0 Å². The van der Waals surface area contributed by atoms with Crippen molar-refractivity contribution in [3.63, 3.8) is 0 Å². The van der Waals surface area contributed by atoms with Crippen LogP contribution in [-0.2, 0) is 25.3 Å². The Hall–Kier alpha value is -3.50. The fourth-order valence-corrected chi connectivity index (χ4v) is 3.99. The molecule has 194 valence electrons. The van der Waals surface area contributed by atoms with Crippen molar-refractivity contribution in [1.29, 1.82) is 0 Å². The van der Waals surface area contributed by atoms with Crippen molar-refractivity contribution >= 4 is 52.5 Å². The van der Waals surface area contributed by atoms with Crippen LogP contribution in [-0.4, -0.2) is 24.4 Å². The summed E-state index contributed by atoms with van der Waals surface area (Å²) in [6.45, 7) is -0.651. The van der Waals surface area contributed by atoms with Gasteiger partial charge >= 0.3 is 12.1 Å². The van der Waals surface area contributed by atoms with Crippen LogP contribution < -0.4 is 10.6 Å². The van der Waals surface area contributed by atoms with E-state index in [2.05, 4.69) is 10.6 Å². The summed E-state index contributed by atoms with van der Waals surface area (Å²) < 4.78 is 43.1. The van der Waals surface area contributed by atoms with Gasteiger partial charge in [-0.05, 0) is 73.2 Å². The zero-order chi connectivity index (χ0) is 26.8. The average molecular weight is 551 g/mol.